The number of carbonyl (C=O) groups excluding carboxylic acids is 1. The molecule has 116 valence electrons. The number of aryl methyl sites for hydroxylation is 1. The Bertz CT molecular complexity index is 657. The van der Waals surface area contributed by atoms with E-state index in [0.717, 1.165) is 11.1 Å². The Hall–Kier alpha value is -1.27. The number of rotatable bonds is 4. The molecule has 7 heteroatoms. The Morgan fingerprint density at radius 2 is 2.19 bits per heavy atom. The maximum Gasteiger partial charge on any atom is 0.224 e. The van der Waals surface area contributed by atoms with Gasteiger partial charge in [-0.25, -0.2) is 8.42 Å². The molecule has 1 aliphatic heterocycles. The van der Waals surface area contributed by atoms with Crippen molar-refractivity contribution < 1.29 is 17.9 Å². The summed E-state index contributed by atoms with van der Waals surface area (Å²) in [6.45, 7) is 1.88. The van der Waals surface area contributed by atoms with Gasteiger partial charge >= 0.3 is 0 Å². The molecule has 1 aromatic rings. The van der Waals surface area contributed by atoms with Crippen LogP contribution in [0.15, 0.2) is 12.1 Å². The van der Waals surface area contributed by atoms with Crippen molar-refractivity contribution in [2.24, 2.45) is 0 Å². The molecule has 1 amide bonds. The first-order valence-electron chi connectivity index (χ1n) is 6.63. The maximum atomic E-state index is 12.0. The normalized spacial score (nSPS) is 20.2. The molecule has 21 heavy (non-hydrogen) atoms. The number of sulfone groups is 1. The Morgan fingerprint density at radius 1 is 1.48 bits per heavy atom. The minimum Gasteiger partial charge on any atom is -0.495 e. The molecule has 0 saturated carbocycles. The standard InChI is InChI=1S/C14H18ClNO4S/c1-9-5-13(20-2)12(15)6-10(9)7-14(17)16-11-3-4-21(18,19)8-11/h5-6,11H,3-4,7-8H2,1-2H3,(H,16,17). The highest BCUT2D eigenvalue weighted by atomic mass is 35.5. The second-order valence-electron chi connectivity index (χ2n) is 5.26. The van der Waals surface area contributed by atoms with Crippen LogP contribution < -0.4 is 10.1 Å². The predicted molar refractivity (Wildman–Crippen MR) is 81.6 cm³/mol. The van der Waals surface area contributed by atoms with E-state index in [-0.39, 0.29) is 29.9 Å². The molecule has 1 unspecified atom stereocenters. The fourth-order valence-corrected chi connectivity index (χ4v) is 4.34. The van der Waals surface area contributed by atoms with Crippen LogP contribution in [0, 0.1) is 6.92 Å². The average molecular weight is 332 g/mol. The highest BCUT2D eigenvalue weighted by Gasteiger charge is 2.28. The van der Waals surface area contributed by atoms with Crippen LogP contribution in [0.4, 0.5) is 0 Å². The molecule has 1 saturated heterocycles. The fourth-order valence-electron chi connectivity index (χ4n) is 2.40. The number of hydrogen-bond acceptors (Lipinski definition) is 4. The van der Waals surface area contributed by atoms with Crippen LogP contribution in [0.1, 0.15) is 17.5 Å². The van der Waals surface area contributed by atoms with Crippen LogP contribution in [-0.2, 0) is 21.1 Å². The van der Waals surface area contributed by atoms with Crippen LogP contribution in [0.25, 0.3) is 0 Å². The summed E-state index contributed by atoms with van der Waals surface area (Å²) in [5.41, 5.74) is 1.71. The van der Waals surface area contributed by atoms with Gasteiger partial charge in [0.1, 0.15) is 5.75 Å². The summed E-state index contributed by atoms with van der Waals surface area (Å²) in [7, 11) is -1.45. The van der Waals surface area contributed by atoms with Gasteiger partial charge in [0.25, 0.3) is 0 Å². The van der Waals surface area contributed by atoms with E-state index in [1.54, 1.807) is 12.1 Å². The zero-order valence-corrected chi connectivity index (χ0v) is 13.6. The lowest BCUT2D eigenvalue weighted by atomic mass is 10.0. The molecule has 1 fully saturated rings. The van der Waals surface area contributed by atoms with Crippen LogP contribution in [0.2, 0.25) is 5.02 Å². The van der Waals surface area contributed by atoms with Crippen molar-refractivity contribution in [2.75, 3.05) is 18.6 Å². The highest BCUT2D eigenvalue weighted by molar-refractivity contribution is 7.91. The van der Waals surface area contributed by atoms with Crippen molar-refractivity contribution in [3.63, 3.8) is 0 Å². The van der Waals surface area contributed by atoms with Gasteiger partial charge in [-0.05, 0) is 36.6 Å². The molecular weight excluding hydrogens is 314 g/mol. The van der Waals surface area contributed by atoms with Gasteiger partial charge in [0.2, 0.25) is 5.91 Å². The molecule has 1 aromatic carbocycles. The first kappa shape index (κ1) is 16.1. The first-order chi connectivity index (χ1) is 9.80. The number of amides is 1. The van der Waals surface area contributed by atoms with Crippen molar-refractivity contribution in [3.05, 3.63) is 28.3 Å². The molecule has 0 aromatic heterocycles. The van der Waals surface area contributed by atoms with Crippen LogP contribution in [0.5, 0.6) is 5.75 Å². The summed E-state index contributed by atoms with van der Waals surface area (Å²) in [5.74, 6) is 0.550. The van der Waals surface area contributed by atoms with Crippen molar-refractivity contribution in [1.29, 1.82) is 0 Å². The van der Waals surface area contributed by atoms with Crippen molar-refractivity contribution in [2.45, 2.75) is 25.8 Å². The summed E-state index contributed by atoms with van der Waals surface area (Å²) >= 11 is 6.06. The Balaban J connectivity index is 2.02. The van der Waals surface area contributed by atoms with Gasteiger partial charge in [0.15, 0.2) is 9.84 Å². The van der Waals surface area contributed by atoms with Gasteiger partial charge < -0.3 is 10.1 Å². The zero-order valence-electron chi connectivity index (χ0n) is 12.0. The summed E-state index contributed by atoms with van der Waals surface area (Å²) in [4.78, 5) is 12.0. The minimum absolute atomic E-state index is 0.0289. The smallest absolute Gasteiger partial charge is 0.224 e. The molecule has 0 bridgehead atoms. The molecule has 1 heterocycles. The second kappa shape index (κ2) is 6.23. The van der Waals surface area contributed by atoms with Crippen LogP contribution >= 0.6 is 11.6 Å². The monoisotopic (exact) mass is 331 g/mol. The summed E-state index contributed by atoms with van der Waals surface area (Å²) in [6, 6.07) is 3.21. The topological polar surface area (TPSA) is 72.5 Å². The van der Waals surface area contributed by atoms with Crippen molar-refractivity contribution in [1.82, 2.24) is 5.32 Å². The predicted octanol–water partition coefficient (Wildman–Crippen LogP) is 1.50. The summed E-state index contributed by atoms with van der Waals surface area (Å²) in [5, 5.41) is 3.22. The Kier molecular flexibility index (Phi) is 4.78. The highest BCUT2D eigenvalue weighted by Crippen LogP contribution is 2.28. The number of nitrogens with one attached hydrogen (secondary N) is 1. The molecule has 1 atom stereocenters. The zero-order chi connectivity index (χ0) is 15.6. The van der Waals surface area contributed by atoms with Crippen molar-refractivity contribution in [3.8, 4) is 5.75 Å². The van der Waals surface area contributed by atoms with Crippen LogP contribution in [-0.4, -0.2) is 39.0 Å². The fraction of sp³-hybridized carbons (Fsp3) is 0.500. The molecular formula is C14H18ClNO4S. The third-order valence-corrected chi connectivity index (χ3v) is 5.62. The molecule has 2 rings (SSSR count). The quantitative estimate of drug-likeness (QED) is 0.907. The Labute approximate surface area is 129 Å². The van der Waals surface area contributed by atoms with Gasteiger partial charge in [-0.3, -0.25) is 4.79 Å². The van der Waals surface area contributed by atoms with Gasteiger partial charge in [-0.15, -0.1) is 0 Å². The SMILES string of the molecule is COc1cc(C)c(CC(=O)NC2CCS(=O)(=O)C2)cc1Cl. The lowest BCUT2D eigenvalue weighted by Gasteiger charge is -2.13. The lowest BCUT2D eigenvalue weighted by molar-refractivity contribution is -0.121. The molecule has 1 N–H and O–H groups in total. The van der Waals surface area contributed by atoms with E-state index >= 15 is 0 Å². The third kappa shape index (κ3) is 4.11. The van der Waals surface area contributed by atoms with E-state index in [4.69, 9.17) is 16.3 Å². The van der Waals surface area contributed by atoms with E-state index in [9.17, 15) is 13.2 Å². The molecule has 0 aliphatic carbocycles. The van der Waals surface area contributed by atoms with Crippen molar-refractivity contribution >= 4 is 27.3 Å². The first-order valence-corrected chi connectivity index (χ1v) is 8.83. The maximum absolute atomic E-state index is 12.0. The summed E-state index contributed by atoms with van der Waals surface area (Å²) in [6.07, 6.45) is 0.655. The number of carbonyl (C=O) groups is 1. The van der Waals surface area contributed by atoms with Gasteiger partial charge in [-0.1, -0.05) is 11.6 Å². The number of hydrogen-bond donors (Lipinski definition) is 1. The number of methoxy groups -OCH3 is 1. The van der Waals surface area contributed by atoms with Gasteiger partial charge in [0.05, 0.1) is 30.1 Å². The number of benzene rings is 1. The second-order valence-corrected chi connectivity index (χ2v) is 7.89. The lowest BCUT2D eigenvalue weighted by Crippen LogP contribution is -2.36. The van der Waals surface area contributed by atoms with E-state index in [0.29, 0.717) is 17.2 Å². The van der Waals surface area contributed by atoms with E-state index in [2.05, 4.69) is 5.32 Å². The molecule has 0 spiro atoms. The number of halogens is 1. The van der Waals surface area contributed by atoms with Gasteiger partial charge in [0, 0.05) is 6.04 Å². The van der Waals surface area contributed by atoms with E-state index < -0.39 is 9.84 Å². The van der Waals surface area contributed by atoms with Gasteiger partial charge in [-0.2, -0.15) is 0 Å². The van der Waals surface area contributed by atoms with E-state index in [1.165, 1.54) is 7.11 Å². The van der Waals surface area contributed by atoms with E-state index in [1.807, 2.05) is 6.92 Å². The average Bonchev–Trinajstić information content (AvgIpc) is 2.72. The minimum atomic E-state index is -2.99. The Morgan fingerprint density at radius 3 is 2.76 bits per heavy atom. The summed E-state index contributed by atoms with van der Waals surface area (Å²) < 4.78 is 27.9. The number of ether oxygens (including phenoxy) is 1. The largest absolute Gasteiger partial charge is 0.495 e. The molecule has 1 aliphatic rings. The molecule has 5 nitrogen and oxygen atoms in total. The van der Waals surface area contributed by atoms with Crippen LogP contribution in [0.3, 0.4) is 0 Å². The third-order valence-electron chi connectivity index (χ3n) is 3.56. The molecule has 0 radical (unpaired) electrons.